The average molecular weight is 347 g/mol. The number of hydrogen-bond donors (Lipinski definition) is 0. The number of fused-ring (bicyclic) bond motifs is 4. The Hall–Kier alpha value is -3.29. The lowest BCUT2D eigenvalue weighted by molar-refractivity contribution is -0.118. The number of rotatable bonds is 2. The summed E-state index contributed by atoms with van der Waals surface area (Å²) in [5.74, 6) is 1.16. The van der Waals surface area contributed by atoms with Crippen molar-refractivity contribution >= 4 is 28.5 Å². The highest BCUT2D eigenvalue weighted by atomic mass is 16.2. The Kier molecular flexibility index (Phi) is 3.09. The van der Waals surface area contributed by atoms with Crippen LogP contribution in [0.1, 0.15) is 17.2 Å². The van der Waals surface area contributed by atoms with Gasteiger partial charge in [0.15, 0.2) is 11.5 Å². The standard InChI is InChI=1S/C18H17N7O/c1-11-10-19-12(2)17-21-15(22-25(11)17)9-16(26)24-8-7-23-14-6-4-3-5-13(14)20-18(23)24/h3-6,10H,7-9H2,1-2H3. The summed E-state index contributed by atoms with van der Waals surface area (Å²) >= 11 is 0. The summed E-state index contributed by atoms with van der Waals surface area (Å²) in [6, 6.07) is 7.94. The first-order chi connectivity index (χ1) is 12.6. The van der Waals surface area contributed by atoms with E-state index in [-0.39, 0.29) is 12.3 Å². The van der Waals surface area contributed by atoms with Crippen molar-refractivity contribution in [2.24, 2.45) is 0 Å². The monoisotopic (exact) mass is 347 g/mol. The number of aromatic nitrogens is 6. The number of para-hydroxylation sites is 2. The number of amides is 1. The van der Waals surface area contributed by atoms with Crippen molar-refractivity contribution in [1.82, 2.24) is 29.1 Å². The minimum absolute atomic E-state index is 0.0433. The minimum atomic E-state index is -0.0433. The maximum absolute atomic E-state index is 12.9. The summed E-state index contributed by atoms with van der Waals surface area (Å²) in [5.41, 5.74) is 4.34. The fourth-order valence-electron chi connectivity index (χ4n) is 3.47. The zero-order valence-electron chi connectivity index (χ0n) is 14.5. The van der Waals surface area contributed by atoms with Gasteiger partial charge in [0.05, 0.1) is 28.8 Å². The molecule has 0 saturated heterocycles. The molecule has 8 nitrogen and oxygen atoms in total. The van der Waals surface area contributed by atoms with Gasteiger partial charge in [-0.3, -0.25) is 14.7 Å². The van der Waals surface area contributed by atoms with Gasteiger partial charge in [-0.2, -0.15) is 5.10 Å². The zero-order chi connectivity index (χ0) is 17.8. The maximum atomic E-state index is 12.9. The van der Waals surface area contributed by atoms with Gasteiger partial charge in [-0.1, -0.05) is 12.1 Å². The third-order valence-electron chi connectivity index (χ3n) is 4.79. The van der Waals surface area contributed by atoms with E-state index < -0.39 is 0 Å². The van der Waals surface area contributed by atoms with Crippen LogP contribution < -0.4 is 4.90 Å². The molecule has 3 aromatic heterocycles. The molecular weight excluding hydrogens is 330 g/mol. The van der Waals surface area contributed by atoms with Crippen molar-refractivity contribution in [3.63, 3.8) is 0 Å². The Bertz CT molecular complexity index is 1130. The highest BCUT2D eigenvalue weighted by molar-refractivity contribution is 5.95. The fraction of sp³-hybridized carbons (Fsp3) is 0.278. The van der Waals surface area contributed by atoms with E-state index in [0.29, 0.717) is 24.0 Å². The van der Waals surface area contributed by atoms with Crippen LogP contribution in [-0.4, -0.2) is 41.6 Å². The van der Waals surface area contributed by atoms with Gasteiger partial charge in [-0.25, -0.2) is 14.5 Å². The molecule has 0 aliphatic carbocycles. The van der Waals surface area contributed by atoms with E-state index in [1.807, 2.05) is 38.1 Å². The molecule has 1 aromatic carbocycles. The number of carbonyl (C=O) groups is 1. The topological polar surface area (TPSA) is 81.2 Å². The van der Waals surface area contributed by atoms with Crippen LogP contribution >= 0.6 is 0 Å². The third kappa shape index (κ3) is 2.11. The molecular formula is C18H17N7O. The van der Waals surface area contributed by atoms with Crippen LogP contribution in [0.15, 0.2) is 30.5 Å². The predicted molar refractivity (Wildman–Crippen MR) is 96.0 cm³/mol. The molecule has 8 heteroatoms. The number of imidazole rings is 1. The molecule has 0 unspecified atom stereocenters. The molecule has 0 N–H and O–H groups in total. The second-order valence-electron chi connectivity index (χ2n) is 6.52. The van der Waals surface area contributed by atoms with E-state index in [2.05, 4.69) is 24.6 Å². The summed E-state index contributed by atoms with van der Waals surface area (Å²) < 4.78 is 3.83. The lowest BCUT2D eigenvalue weighted by Gasteiger charge is -2.12. The summed E-state index contributed by atoms with van der Waals surface area (Å²) in [6.07, 6.45) is 1.90. The van der Waals surface area contributed by atoms with Crippen molar-refractivity contribution in [3.05, 3.63) is 47.7 Å². The summed E-state index contributed by atoms with van der Waals surface area (Å²) in [7, 11) is 0. The van der Waals surface area contributed by atoms with Gasteiger partial charge in [-0.05, 0) is 26.0 Å². The van der Waals surface area contributed by atoms with Crippen molar-refractivity contribution in [2.75, 3.05) is 11.4 Å². The number of nitrogens with zero attached hydrogens (tertiary/aromatic N) is 7. The lowest BCUT2D eigenvalue weighted by atomic mass is 10.3. The molecule has 26 heavy (non-hydrogen) atoms. The molecule has 0 bridgehead atoms. The first-order valence-corrected chi connectivity index (χ1v) is 8.55. The van der Waals surface area contributed by atoms with E-state index in [0.717, 1.165) is 29.0 Å². The molecule has 0 fully saturated rings. The van der Waals surface area contributed by atoms with E-state index in [9.17, 15) is 4.79 Å². The van der Waals surface area contributed by atoms with Gasteiger partial charge in [0, 0.05) is 19.3 Å². The maximum Gasteiger partial charge on any atom is 0.237 e. The first kappa shape index (κ1) is 15.0. The highest BCUT2D eigenvalue weighted by Gasteiger charge is 2.29. The zero-order valence-corrected chi connectivity index (χ0v) is 14.5. The molecule has 4 aromatic rings. The Labute approximate surface area is 149 Å². The summed E-state index contributed by atoms with van der Waals surface area (Å²) in [5, 5.41) is 4.47. The van der Waals surface area contributed by atoms with E-state index >= 15 is 0 Å². The molecule has 1 amide bonds. The van der Waals surface area contributed by atoms with Crippen molar-refractivity contribution < 1.29 is 4.79 Å². The minimum Gasteiger partial charge on any atom is -0.308 e. The third-order valence-corrected chi connectivity index (χ3v) is 4.79. The van der Waals surface area contributed by atoms with E-state index in [1.165, 1.54) is 0 Å². The van der Waals surface area contributed by atoms with Crippen LogP contribution in [0.2, 0.25) is 0 Å². The smallest absolute Gasteiger partial charge is 0.237 e. The van der Waals surface area contributed by atoms with Crippen molar-refractivity contribution in [2.45, 2.75) is 26.8 Å². The summed E-state index contributed by atoms with van der Waals surface area (Å²) in [6.45, 7) is 5.18. The van der Waals surface area contributed by atoms with Gasteiger partial charge in [-0.15, -0.1) is 0 Å². The number of hydrogen-bond acceptors (Lipinski definition) is 5. The predicted octanol–water partition coefficient (Wildman–Crippen LogP) is 1.68. The molecule has 0 saturated carbocycles. The van der Waals surface area contributed by atoms with Crippen LogP contribution in [0.25, 0.3) is 16.7 Å². The average Bonchev–Trinajstić information content (AvgIpc) is 3.31. The van der Waals surface area contributed by atoms with Gasteiger partial charge in [0.1, 0.15) is 0 Å². The van der Waals surface area contributed by atoms with Gasteiger partial charge < -0.3 is 4.57 Å². The van der Waals surface area contributed by atoms with Crippen LogP contribution in [0.3, 0.4) is 0 Å². The largest absolute Gasteiger partial charge is 0.308 e. The molecule has 0 atom stereocenters. The Morgan fingerprint density at radius 2 is 2.00 bits per heavy atom. The molecule has 4 heterocycles. The van der Waals surface area contributed by atoms with Crippen molar-refractivity contribution in [1.29, 1.82) is 0 Å². The first-order valence-electron chi connectivity index (χ1n) is 8.55. The van der Waals surface area contributed by atoms with Gasteiger partial charge in [0.25, 0.3) is 0 Å². The molecule has 0 radical (unpaired) electrons. The second kappa shape index (κ2) is 5.35. The molecule has 0 spiro atoms. The van der Waals surface area contributed by atoms with Crippen LogP contribution in [0, 0.1) is 13.8 Å². The number of carbonyl (C=O) groups excluding carboxylic acids is 1. The Morgan fingerprint density at radius 1 is 1.15 bits per heavy atom. The van der Waals surface area contributed by atoms with E-state index in [4.69, 9.17) is 0 Å². The lowest BCUT2D eigenvalue weighted by Crippen LogP contribution is -2.31. The summed E-state index contributed by atoms with van der Waals surface area (Å²) in [4.78, 5) is 28.0. The molecule has 1 aliphatic heterocycles. The number of benzene rings is 1. The van der Waals surface area contributed by atoms with E-state index in [1.54, 1.807) is 15.6 Å². The van der Waals surface area contributed by atoms with Gasteiger partial charge >= 0.3 is 0 Å². The SMILES string of the molecule is Cc1ncc(C)n2nc(CC(=O)N3CCn4c3nc3ccccc34)nc12. The molecule has 130 valence electrons. The fourth-order valence-corrected chi connectivity index (χ4v) is 3.47. The highest BCUT2D eigenvalue weighted by Crippen LogP contribution is 2.27. The Morgan fingerprint density at radius 3 is 2.85 bits per heavy atom. The number of aryl methyl sites for hydroxylation is 2. The van der Waals surface area contributed by atoms with Crippen LogP contribution in [-0.2, 0) is 17.8 Å². The Balaban J connectivity index is 1.47. The van der Waals surface area contributed by atoms with Gasteiger partial charge in [0.2, 0.25) is 11.9 Å². The molecule has 1 aliphatic rings. The molecule has 5 rings (SSSR count). The normalized spacial score (nSPS) is 13.7. The van der Waals surface area contributed by atoms with Crippen molar-refractivity contribution in [3.8, 4) is 0 Å². The number of anilines is 1. The van der Waals surface area contributed by atoms with Crippen LogP contribution in [0.5, 0.6) is 0 Å². The second-order valence-corrected chi connectivity index (χ2v) is 6.52. The quantitative estimate of drug-likeness (QED) is 0.551. The van der Waals surface area contributed by atoms with Crippen LogP contribution in [0.4, 0.5) is 5.95 Å².